The Bertz CT molecular complexity index is 601. The molecule has 0 bridgehead atoms. The fourth-order valence-corrected chi connectivity index (χ4v) is 2.15. The second kappa shape index (κ2) is 5.55. The molecule has 0 aliphatic carbocycles. The van der Waals surface area contributed by atoms with E-state index in [1.807, 2.05) is 6.07 Å². The summed E-state index contributed by atoms with van der Waals surface area (Å²) in [6.07, 6.45) is 1.49. The summed E-state index contributed by atoms with van der Waals surface area (Å²) in [5.74, 6) is 0.135. The molecule has 0 aliphatic rings. The van der Waals surface area contributed by atoms with Gasteiger partial charge in [0, 0.05) is 11.8 Å². The number of nitrogens with zero attached hydrogens (tertiary/aromatic N) is 1. The fourth-order valence-electron chi connectivity index (χ4n) is 1.99. The minimum absolute atomic E-state index is 0.244. The molecule has 0 saturated heterocycles. The Balaban J connectivity index is 2.49. The van der Waals surface area contributed by atoms with E-state index in [0.717, 1.165) is 11.1 Å². The van der Waals surface area contributed by atoms with Crippen molar-refractivity contribution in [2.45, 2.75) is 13.0 Å². The number of nitrogens with two attached hydrogens (primary N) is 1. The Morgan fingerprint density at radius 2 is 2.11 bits per heavy atom. The van der Waals surface area contributed by atoms with Crippen molar-refractivity contribution in [3.05, 3.63) is 58.0 Å². The quantitative estimate of drug-likeness (QED) is 0.908. The number of hydrogen-bond donors (Lipinski definition) is 2. The monoisotopic (exact) mass is 279 g/mol. The van der Waals surface area contributed by atoms with Gasteiger partial charge in [-0.15, -0.1) is 0 Å². The molecule has 1 atom stereocenters. The van der Waals surface area contributed by atoms with Gasteiger partial charge in [0.2, 0.25) is 0 Å². The normalized spacial score (nSPS) is 12.4. The molecule has 1 heterocycles. The zero-order chi connectivity index (χ0) is 14.0. The highest BCUT2D eigenvalue weighted by Gasteiger charge is 2.17. The number of halogens is 2. The zero-order valence-corrected chi connectivity index (χ0v) is 11.5. The predicted molar refractivity (Wildman–Crippen MR) is 75.7 cm³/mol. The first-order chi connectivity index (χ1) is 9.02. The molecule has 3 N–H and O–H groups in total. The highest BCUT2D eigenvalue weighted by atomic mass is 35.5. The molecule has 3 nitrogen and oxygen atoms in total. The smallest absolute Gasteiger partial charge is 0.128 e. The van der Waals surface area contributed by atoms with Crippen LogP contribution in [0.3, 0.4) is 0 Å². The molecule has 2 aromatic rings. The molecule has 100 valence electrons. The van der Waals surface area contributed by atoms with E-state index in [1.54, 1.807) is 26.1 Å². The summed E-state index contributed by atoms with van der Waals surface area (Å²) in [5.41, 5.74) is 7.99. The van der Waals surface area contributed by atoms with E-state index in [0.29, 0.717) is 16.4 Å². The third kappa shape index (κ3) is 2.85. The van der Waals surface area contributed by atoms with Crippen LogP contribution in [0, 0.1) is 12.7 Å². The van der Waals surface area contributed by atoms with E-state index in [2.05, 4.69) is 10.3 Å². The molecular weight excluding hydrogens is 265 g/mol. The lowest BCUT2D eigenvalue weighted by molar-refractivity contribution is 0.608. The van der Waals surface area contributed by atoms with E-state index in [4.69, 9.17) is 17.3 Å². The largest absolute Gasteiger partial charge is 0.383 e. The van der Waals surface area contributed by atoms with Gasteiger partial charge in [-0.05, 0) is 37.2 Å². The van der Waals surface area contributed by atoms with Crippen molar-refractivity contribution in [3.8, 4) is 0 Å². The van der Waals surface area contributed by atoms with Crippen molar-refractivity contribution in [1.82, 2.24) is 10.3 Å². The molecule has 19 heavy (non-hydrogen) atoms. The van der Waals surface area contributed by atoms with Crippen molar-refractivity contribution >= 4 is 17.4 Å². The van der Waals surface area contributed by atoms with Crippen LogP contribution in [-0.4, -0.2) is 12.0 Å². The lowest BCUT2D eigenvalue weighted by Gasteiger charge is -2.19. The lowest BCUT2D eigenvalue weighted by atomic mass is 9.98. The maximum absolute atomic E-state index is 13.7. The second-order valence-electron chi connectivity index (χ2n) is 4.36. The van der Waals surface area contributed by atoms with Crippen LogP contribution in [0.4, 0.5) is 10.2 Å². The molecule has 2 rings (SSSR count). The average Bonchev–Trinajstić information content (AvgIpc) is 2.38. The first-order valence-corrected chi connectivity index (χ1v) is 6.25. The summed E-state index contributed by atoms with van der Waals surface area (Å²) in [6, 6.07) is 6.59. The van der Waals surface area contributed by atoms with Crippen LogP contribution in [0.2, 0.25) is 5.02 Å². The topological polar surface area (TPSA) is 50.9 Å². The minimum Gasteiger partial charge on any atom is -0.383 e. The van der Waals surface area contributed by atoms with Crippen LogP contribution >= 0.6 is 11.6 Å². The Morgan fingerprint density at radius 3 is 2.74 bits per heavy atom. The molecule has 5 heteroatoms. The van der Waals surface area contributed by atoms with Gasteiger partial charge in [-0.1, -0.05) is 23.7 Å². The highest BCUT2D eigenvalue weighted by Crippen LogP contribution is 2.28. The third-order valence-electron chi connectivity index (χ3n) is 3.05. The number of nitrogens with one attached hydrogen (secondary N) is 1. The third-order valence-corrected chi connectivity index (χ3v) is 3.25. The van der Waals surface area contributed by atoms with Gasteiger partial charge < -0.3 is 11.1 Å². The molecular formula is C14H15ClFN3. The van der Waals surface area contributed by atoms with Crippen LogP contribution in [0.15, 0.2) is 30.5 Å². The standard InChI is InChI=1S/C14H15ClFN3/c1-8-3-4-9(5-12(8)16)13(18-2)11-6-10(15)7-19-14(11)17/h3-7,13,18H,1-2H3,(H2,17,19). The molecule has 0 spiro atoms. The van der Waals surface area contributed by atoms with E-state index >= 15 is 0 Å². The average molecular weight is 280 g/mol. The van der Waals surface area contributed by atoms with Gasteiger partial charge in [0.15, 0.2) is 0 Å². The molecule has 1 unspecified atom stereocenters. The number of rotatable bonds is 3. The van der Waals surface area contributed by atoms with Crippen LogP contribution in [-0.2, 0) is 0 Å². The van der Waals surface area contributed by atoms with E-state index < -0.39 is 0 Å². The van der Waals surface area contributed by atoms with Crippen molar-refractivity contribution < 1.29 is 4.39 Å². The molecule has 1 aromatic carbocycles. The van der Waals surface area contributed by atoms with E-state index in [-0.39, 0.29) is 11.9 Å². The fraction of sp³-hybridized carbons (Fsp3) is 0.214. The van der Waals surface area contributed by atoms with Gasteiger partial charge in [0.25, 0.3) is 0 Å². The van der Waals surface area contributed by atoms with Gasteiger partial charge in [-0.3, -0.25) is 0 Å². The first kappa shape index (κ1) is 13.8. The SMILES string of the molecule is CNC(c1ccc(C)c(F)c1)c1cc(Cl)cnc1N. The summed E-state index contributed by atoms with van der Waals surface area (Å²) in [7, 11) is 1.78. The van der Waals surface area contributed by atoms with Crippen LogP contribution in [0.5, 0.6) is 0 Å². The summed E-state index contributed by atoms with van der Waals surface area (Å²) >= 11 is 5.94. The van der Waals surface area contributed by atoms with Crippen LogP contribution in [0.25, 0.3) is 0 Å². The molecule has 0 amide bonds. The number of benzene rings is 1. The van der Waals surface area contributed by atoms with Crippen molar-refractivity contribution in [1.29, 1.82) is 0 Å². The van der Waals surface area contributed by atoms with Gasteiger partial charge in [-0.25, -0.2) is 9.37 Å². The molecule has 1 aromatic heterocycles. The second-order valence-corrected chi connectivity index (χ2v) is 4.79. The van der Waals surface area contributed by atoms with Crippen LogP contribution in [0.1, 0.15) is 22.7 Å². The summed E-state index contributed by atoms with van der Waals surface area (Å²) in [4.78, 5) is 4.03. The lowest BCUT2D eigenvalue weighted by Crippen LogP contribution is -2.19. The number of aromatic nitrogens is 1. The predicted octanol–water partition coefficient (Wildman–Crippen LogP) is 3.07. The van der Waals surface area contributed by atoms with Crippen LogP contribution < -0.4 is 11.1 Å². The van der Waals surface area contributed by atoms with Crippen molar-refractivity contribution in [2.75, 3.05) is 12.8 Å². The Morgan fingerprint density at radius 1 is 1.37 bits per heavy atom. The summed E-state index contributed by atoms with van der Waals surface area (Å²) in [5, 5.41) is 3.60. The van der Waals surface area contributed by atoms with Gasteiger partial charge in [-0.2, -0.15) is 0 Å². The maximum atomic E-state index is 13.7. The number of pyridine rings is 1. The number of hydrogen-bond acceptors (Lipinski definition) is 3. The summed E-state index contributed by atoms with van der Waals surface area (Å²) in [6.45, 7) is 1.72. The zero-order valence-electron chi connectivity index (χ0n) is 10.7. The minimum atomic E-state index is -0.249. The Kier molecular flexibility index (Phi) is 4.02. The van der Waals surface area contributed by atoms with Gasteiger partial charge in [0.1, 0.15) is 11.6 Å². The van der Waals surface area contributed by atoms with Crippen molar-refractivity contribution in [3.63, 3.8) is 0 Å². The van der Waals surface area contributed by atoms with Gasteiger partial charge in [0.05, 0.1) is 11.1 Å². The highest BCUT2D eigenvalue weighted by molar-refractivity contribution is 6.30. The van der Waals surface area contributed by atoms with E-state index in [9.17, 15) is 4.39 Å². The molecule has 0 fully saturated rings. The number of aryl methyl sites for hydroxylation is 1. The van der Waals surface area contributed by atoms with Crippen molar-refractivity contribution in [2.24, 2.45) is 0 Å². The summed E-state index contributed by atoms with van der Waals surface area (Å²) < 4.78 is 13.7. The number of nitrogen functional groups attached to an aromatic ring is 1. The Hall–Kier alpha value is -1.65. The molecule has 0 radical (unpaired) electrons. The molecule has 0 aliphatic heterocycles. The molecule has 0 saturated carbocycles. The maximum Gasteiger partial charge on any atom is 0.128 e. The Labute approximate surface area is 116 Å². The van der Waals surface area contributed by atoms with Gasteiger partial charge >= 0.3 is 0 Å². The number of anilines is 1. The van der Waals surface area contributed by atoms with E-state index in [1.165, 1.54) is 12.3 Å². The first-order valence-electron chi connectivity index (χ1n) is 5.87.